The maximum atomic E-state index is 12.0. The number of nitrogens with one attached hydrogen (secondary N) is 1. The molecule has 0 bridgehead atoms. The third-order valence-corrected chi connectivity index (χ3v) is 3.06. The predicted octanol–water partition coefficient (Wildman–Crippen LogP) is -0.235. The van der Waals surface area contributed by atoms with Gasteiger partial charge in [0.2, 0.25) is 21.9 Å². The zero-order chi connectivity index (χ0) is 17.0. The van der Waals surface area contributed by atoms with Crippen molar-refractivity contribution in [1.82, 2.24) is 15.0 Å². The number of nitrogen functional groups attached to an aromatic ring is 2. The van der Waals surface area contributed by atoms with Gasteiger partial charge in [-0.3, -0.25) is 4.72 Å². The summed E-state index contributed by atoms with van der Waals surface area (Å²) in [5, 5.41) is 0. The van der Waals surface area contributed by atoms with Crippen LogP contribution in [0.2, 0.25) is 0 Å². The highest BCUT2D eigenvalue weighted by molar-refractivity contribution is 7.92. The summed E-state index contributed by atoms with van der Waals surface area (Å²) in [7, 11) is -3.44. The van der Waals surface area contributed by atoms with E-state index in [4.69, 9.17) is 16.2 Å². The molecule has 1 aromatic heterocycles. The number of nitrogens with two attached hydrogens (primary N) is 2. The standard InChI is InChI=1S/C12H14N6O4S/c1-23(20,21)18-8-4-2-3-7(5-8)10(19)22-6-9-15-11(13)17-12(14)16-9/h2-5,18H,6H2,1H3,(H4,13,14,15,16,17). The molecule has 11 heteroatoms. The van der Waals surface area contributed by atoms with Crippen LogP contribution in [-0.2, 0) is 21.4 Å². The van der Waals surface area contributed by atoms with E-state index in [9.17, 15) is 13.2 Å². The first-order chi connectivity index (χ1) is 10.7. The van der Waals surface area contributed by atoms with E-state index in [1.54, 1.807) is 0 Å². The number of nitrogens with zero attached hydrogens (tertiary/aromatic N) is 3. The first kappa shape index (κ1) is 16.4. The molecule has 0 spiro atoms. The minimum atomic E-state index is -3.44. The summed E-state index contributed by atoms with van der Waals surface area (Å²) in [5.74, 6) is -0.737. The number of esters is 1. The van der Waals surface area contributed by atoms with Gasteiger partial charge in [-0.2, -0.15) is 15.0 Å². The maximum absolute atomic E-state index is 12.0. The Kier molecular flexibility index (Phi) is 4.60. The van der Waals surface area contributed by atoms with Crippen LogP contribution >= 0.6 is 0 Å². The van der Waals surface area contributed by atoms with Crippen LogP contribution in [0.1, 0.15) is 16.2 Å². The summed E-state index contributed by atoms with van der Waals surface area (Å²) in [6, 6.07) is 5.85. The fourth-order valence-electron chi connectivity index (χ4n) is 1.66. The average molecular weight is 338 g/mol. The van der Waals surface area contributed by atoms with Gasteiger partial charge in [0.15, 0.2) is 12.4 Å². The van der Waals surface area contributed by atoms with Crippen LogP contribution < -0.4 is 16.2 Å². The van der Waals surface area contributed by atoms with Gasteiger partial charge in [-0.1, -0.05) is 6.07 Å². The number of hydrogen-bond donors (Lipinski definition) is 3. The summed E-state index contributed by atoms with van der Waals surface area (Å²) < 4.78 is 29.7. The smallest absolute Gasteiger partial charge is 0.338 e. The lowest BCUT2D eigenvalue weighted by molar-refractivity contribution is 0.0462. The van der Waals surface area contributed by atoms with Crippen molar-refractivity contribution in [3.63, 3.8) is 0 Å². The highest BCUT2D eigenvalue weighted by atomic mass is 32.2. The van der Waals surface area contributed by atoms with E-state index in [0.29, 0.717) is 0 Å². The molecule has 2 aromatic rings. The summed E-state index contributed by atoms with van der Waals surface area (Å²) in [4.78, 5) is 23.1. The number of benzene rings is 1. The van der Waals surface area contributed by atoms with Crippen molar-refractivity contribution in [3.05, 3.63) is 35.7 Å². The highest BCUT2D eigenvalue weighted by Gasteiger charge is 2.11. The molecule has 1 aromatic carbocycles. The second-order valence-electron chi connectivity index (χ2n) is 4.50. The maximum Gasteiger partial charge on any atom is 0.338 e. The number of aromatic nitrogens is 3. The van der Waals surface area contributed by atoms with Gasteiger partial charge in [0.25, 0.3) is 0 Å². The molecule has 0 radical (unpaired) electrons. The van der Waals surface area contributed by atoms with E-state index in [-0.39, 0.29) is 35.6 Å². The van der Waals surface area contributed by atoms with Crippen LogP contribution in [0.4, 0.5) is 17.6 Å². The molecule has 23 heavy (non-hydrogen) atoms. The van der Waals surface area contributed by atoms with Gasteiger partial charge in [0, 0.05) is 5.69 Å². The molecule has 0 fully saturated rings. The molecule has 5 N–H and O–H groups in total. The quantitative estimate of drug-likeness (QED) is 0.624. The first-order valence-corrected chi connectivity index (χ1v) is 8.13. The fraction of sp³-hybridized carbons (Fsp3) is 0.167. The van der Waals surface area contributed by atoms with Gasteiger partial charge in [0.05, 0.1) is 11.8 Å². The Labute approximate surface area is 132 Å². The van der Waals surface area contributed by atoms with Crippen LogP contribution in [0.5, 0.6) is 0 Å². The predicted molar refractivity (Wildman–Crippen MR) is 82.7 cm³/mol. The Hall–Kier alpha value is -2.95. The fourth-order valence-corrected chi connectivity index (χ4v) is 2.21. The summed E-state index contributed by atoms with van der Waals surface area (Å²) in [5.41, 5.74) is 11.2. The van der Waals surface area contributed by atoms with Crippen molar-refractivity contribution < 1.29 is 17.9 Å². The van der Waals surface area contributed by atoms with E-state index in [2.05, 4.69) is 19.7 Å². The minimum absolute atomic E-state index is 0.0806. The Balaban J connectivity index is 2.07. The Bertz CT molecular complexity index is 819. The molecular formula is C12H14N6O4S. The van der Waals surface area contributed by atoms with E-state index in [1.807, 2.05) is 0 Å². The number of carbonyl (C=O) groups is 1. The second kappa shape index (κ2) is 6.44. The number of rotatable bonds is 5. The lowest BCUT2D eigenvalue weighted by atomic mass is 10.2. The summed E-state index contributed by atoms with van der Waals surface area (Å²) >= 11 is 0. The largest absolute Gasteiger partial charge is 0.454 e. The second-order valence-corrected chi connectivity index (χ2v) is 6.25. The normalized spacial score (nSPS) is 11.0. The molecule has 0 saturated heterocycles. The molecule has 0 saturated carbocycles. The minimum Gasteiger partial charge on any atom is -0.454 e. The van der Waals surface area contributed by atoms with E-state index in [1.165, 1.54) is 24.3 Å². The molecule has 0 amide bonds. The number of hydrogen-bond acceptors (Lipinski definition) is 9. The number of sulfonamides is 1. The van der Waals surface area contributed by atoms with Crippen molar-refractivity contribution >= 4 is 33.6 Å². The van der Waals surface area contributed by atoms with Gasteiger partial charge in [-0.05, 0) is 18.2 Å². The van der Waals surface area contributed by atoms with Crippen molar-refractivity contribution in [3.8, 4) is 0 Å². The van der Waals surface area contributed by atoms with Crippen molar-refractivity contribution in [2.45, 2.75) is 6.61 Å². The first-order valence-electron chi connectivity index (χ1n) is 6.24. The van der Waals surface area contributed by atoms with Gasteiger partial charge < -0.3 is 16.2 Å². The zero-order valence-electron chi connectivity index (χ0n) is 12.1. The highest BCUT2D eigenvalue weighted by Crippen LogP contribution is 2.13. The van der Waals surface area contributed by atoms with Gasteiger partial charge in [0.1, 0.15) is 0 Å². The van der Waals surface area contributed by atoms with Gasteiger partial charge in [-0.15, -0.1) is 0 Å². The Morgan fingerprint density at radius 2 is 1.87 bits per heavy atom. The van der Waals surface area contributed by atoms with Gasteiger partial charge >= 0.3 is 5.97 Å². The Morgan fingerprint density at radius 1 is 1.22 bits per heavy atom. The molecule has 2 rings (SSSR count). The van der Waals surface area contributed by atoms with Crippen molar-refractivity contribution in [2.75, 3.05) is 22.4 Å². The van der Waals surface area contributed by atoms with Crippen LogP contribution in [0, 0.1) is 0 Å². The van der Waals surface area contributed by atoms with Crippen molar-refractivity contribution in [1.29, 1.82) is 0 Å². The van der Waals surface area contributed by atoms with Crippen LogP contribution in [0.25, 0.3) is 0 Å². The third-order valence-electron chi connectivity index (χ3n) is 2.45. The lowest BCUT2D eigenvalue weighted by Crippen LogP contribution is -2.12. The SMILES string of the molecule is CS(=O)(=O)Nc1cccc(C(=O)OCc2nc(N)nc(N)n2)c1. The average Bonchev–Trinajstić information content (AvgIpc) is 2.42. The summed E-state index contributed by atoms with van der Waals surface area (Å²) in [6.45, 7) is -0.251. The topological polar surface area (TPSA) is 163 Å². The van der Waals surface area contributed by atoms with E-state index >= 15 is 0 Å². The van der Waals surface area contributed by atoms with Crippen molar-refractivity contribution in [2.24, 2.45) is 0 Å². The monoisotopic (exact) mass is 338 g/mol. The van der Waals surface area contributed by atoms with Crippen LogP contribution in [-0.4, -0.2) is 35.6 Å². The van der Waals surface area contributed by atoms with E-state index in [0.717, 1.165) is 6.26 Å². The lowest BCUT2D eigenvalue weighted by Gasteiger charge is -2.07. The molecule has 0 aliphatic heterocycles. The third kappa shape index (κ3) is 5.07. The number of carbonyl (C=O) groups excluding carboxylic acids is 1. The Morgan fingerprint density at radius 3 is 2.48 bits per heavy atom. The molecule has 0 aliphatic carbocycles. The number of ether oxygens (including phenoxy) is 1. The summed E-state index contributed by atoms with van der Waals surface area (Å²) in [6.07, 6.45) is 1.01. The molecule has 1 heterocycles. The van der Waals surface area contributed by atoms with Crippen LogP contribution in [0.3, 0.4) is 0 Å². The molecule has 0 unspecified atom stereocenters. The van der Waals surface area contributed by atoms with E-state index < -0.39 is 16.0 Å². The molecule has 10 nitrogen and oxygen atoms in total. The molecular weight excluding hydrogens is 324 g/mol. The molecule has 0 atom stereocenters. The number of anilines is 3. The zero-order valence-corrected chi connectivity index (χ0v) is 12.9. The molecule has 122 valence electrons. The van der Waals surface area contributed by atoms with Crippen LogP contribution in [0.15, 0.2) is 24.3 Å². The molecule has 0 aliphatic rings. The van der Waals surface area contributed by atoms with Gasteiger partial charge in [-0.25, -0.2) is 13.2 Å².